The number of aromatic nitrogens is 2. The molecule has 0 fully saturated rings. The Labute approximate surface area is 132 Å². The van der Waals surface area contributed by atoms with Gasteiger partial charge in [-0.05, 0) is 54.4 Å². The first-order chi connectivity index (χ1) is 9.49. The van der Waals surface area contributed by atoms with Crippen molar-refractivity contribution in [3.05, 3.63) is 39.0 Å². The van der Waals surface area contributed by atoms with Crippen molar-refractivity contribution in [2.45, 2.75) is 20.8 Å². The van der Waals surface area contributed by atoms with E-state index in [1.807, 2.05) is 39.0 Å². The molecule has 4 nitrogen and oxygen atoms in total. The van der Waals surface area contributed by atoms with E-state index in [0.717, 1.165) is 33.8 Å². The molecule has 0 aliphatic rings. The molecule has 0 saturated carbocycles. The van der Waals surface area contributed by atoms with Crippen LogP contribution in [0.15, 0.2) is 22.7 Å². The van der Waals surface area contributed by atoms with Crippen molar-refractivity contribution in [3.8, 4) is 0 Å². The summed E-state index contributed by atoms with van der Waals surface area (Å²) in [5.74, 6) is 1.35. The van der Waals surface area contributed by atoms with E-state index in [0.29, 0.717) is 11.0 Å². The van der Waals surface area contributed by atoms with Crippen molar-refractivity contribution in [1.29, 1.82) is 0 Å². The van der Waals surface area contributed by atoms with Crippen LogP contribution in [0.3, 0.4) is 0 Å². The van der Waals surface area contributed by atoms with Crippen LogP contribution in [-0.4, -0.2) is 16.5 Å². The molecular formula is C14H16BrClN4. The van der Waals surface area contributed by atoms with Crippen LogP contribution in [0.2, 0.25) is 5.02 Å². The summed E-state index contributed by atoms with van der Waals surface area (Å²) >= 11 is 9.68. The molecule has 0 spiro atoms. The van der Waals surface area contributed by atoms with E-state index in [9.17, 15) is 0 Å². The minimum Gasteiger partial charge on any atom is -0.354 e. The smallest absolute Gasteiger partial charge is 0.224 e. The summed E-state index contributed by atoms with van der Waals surface area (Å²) in [6, 6.07) is 5.75. The molecule has 20 heavy (non-hydrogen) atoms. The monoisotopic (exact) mass is 354 g/mol. The van der Waals surface area contributed by atoms with E-state index in [2.05, 4.69) is 36.5 Å². The fraction of sp³-hybridized carbons (Fsp3) is 0.286. The highest BCUT2D eigenvalue weighted by atomic mass is 79.9. The Morgan fingerprint density at radius 2 is 1.95 bits per heavy atom. The first-order valence-electron chi connectivity index (χ1n) is 6.32. The van der Waals surface area contributed by atoms with Gasteiger partial charge in [0.25, 0.3) is 0 Å². The van der Waals surface area contributed by atoms with Crippen LogP contribution >= 0.6 is 27.5 Å². The molecule has 0 aliphatic heterocycles. The van der Waals surface area contributed by atoms with E-state index in [1.165, 1.54) is 0 Å². The Kier molecular flexibility index (Phi) is 4.83. The van der Waals surface area contributed by atoms with Gasteiger partial charge in [0.15, 0.2) is 0 Å². The van der Waals surface area contributed by atoms with Crippen LogP contribution in [0.5, 0.6) is 0 Å². The molecular weight excluding hydrogens is 340 g/mol. The molecule has 2 aromatic rings. The third kappa shape index (κ3) is 3.61. The van der Waals surface area contributed by atoms with Crippen molar-refractivity contribution >= 4 is 45.0 Å². The highest BCUT2D eigenvalue weighted by Crippen LogP contribution is 2.31. The zero-order valence-electron chi connectivity index (χ0n) is 11.6. The van der Waals surface area contributed by atoms with Crippen molar-refractivity contribution in [1.82, 2.24) is 9.97 Å². The average molecular weight is 356 g/mol. The maximum atomic E-state index is 6.16. The van der Waals surface area contributed by atoms with Crippen LogP contribution in [0.4, 0.5) is 17.5 Å². The summed E-state index contributed by atoms with van der Waals surface area (Å²) < 4.78 is 0.945. The molecule has 6 heteroatoms. The van der Waals surface area contributed by atoms with Gasteiger partial charge in [-0.2, -0.15) is 4.98 Å². The van der Waals surface area contributed by atoms with E-state index >= 15 is 0 Å². The SMILES string of the molecule is CCNc1nc(C)cc(Nc2cc(Cl)c(C)cc2Br)n1. The Balaban J connectivity index is 2.32. The summed E-state index contributed by atoms with van der Waals surface area (Å²) in [5.41, 5.74) is 2.80. The lowest BCUT2D eigenvalue weighted by Crippen LogP contribution is -2.05. The van der Waals surface area contributed by atoms with Gasteiger partial charge in [-0.1, -0.05) is 11.6 Å². The predicted octanol–water partition coefficient (Wildman–Crippen LogP) is 4.68. The zero-order chi connectivity index (χ0) is 14.7. The molecule has 2 rings (SSSR count). The maximum absolute atomic E-state index is 6.16. The molecule has 106 valence electrons. The summed E-state index contributed by atoms with van der Waals surface area (Å²) in [7, 11) is 0. The summed E-state index contributed by atoms with van der Waals surface area (Å²) in [5, 5.41) is 7.08. The second-order valence-corrected chi connectivity index (χ2v) is 5.72. The number of rotatable bonds is 4. The van der Waals surface area contributed by atoms with Gasteiger partial charge >= 0.3 is 0 Å². The molecule has 0 radical (unpaired) electrons. The Bertz CT molecular complexity index is 631. The number of nitrogens with zero attached hydrogens (tertiary/aromatic N) is 2. The van der Waals surface area contributed by atoms with Gasteiger partial charge in [0.05, 0.1) is 5.69 Å². The van der Waals surface area contributed by atoms with E-state index in [4.69, 9.17) is 11.6 Å². The number of hydrogen-bond donors (Lipinski definition) is 2. The molecule has 2 N–H and O–H groups in total. The lowest BCUT2D eigenvalue weighted by Gasteiger charge is -2.12. The van der Waals surface area contributed by atoms with Crippen molar-refractivity contribution in [3.63, 3.8) is 0 Å². The van der Waals surface area contributed by atoms with Crippen LogP contribution in [0.1, 0.15) is 18.2 Å². The van der Waals surface area contributed by atoms with Gasteiger partial charge in [-0.3, -0.25) is 0 Å². The Morgan fingerprint density at radius 3 is 2.65 bits per heavy atom. The highest BCUT2D eigenvalue weighted by molar-refractivity contribution is 9.10. The number of anilines is 3. The van der Waals surface area contributed by atoms with E-state index in [1.54, 1.807) is 0 Å². The standard InChI is InChI=1S/C14H16BrClN4/c1-4-17-14-18-9(3)6-13(20-14)19-12-7-11(16)8(2)5-10(12)15/h5-7H,4H2,1-3H3,(H2,17,18,19,20). The number of benzene rings is 1. The zero-order valence-corrected chi connectivity index (χ0v) is 13.9. The second-order valence-electron chi connectivity index (χ2n) is 4.45. The number of hydrogen-bond acceptors (Lipinski definition) is 4. The second kappa shape index (κ2) is 6.41. The lowest BCUT2D eigenvalue weighted by molar-refractivity contribution is 1.05. The minimum atomic E-state index is 0.615. The maximum Gasteiger partial charge on any atom is 0.224 e. The molecule has 0 unspecified atom stereocenters. The van der Waals surface area contributed by atoms with Gasteiger partial charge < -0.3 is 10.6 Å². The third-order valence-electron chi connectivity index (χ3n) is 2.70. The lowest BCUT2D eigenvalue weighted by atomic mass is 10.2. The van der Waals surface area contributed by atoms with Crippen LogP contribution < -0.4 is 10.6 Å². The highest BCUT2D eigenvalue weighted by Gasteiger charge is 2.07. The summed E-state index contributed by atoms with van der Waals surface area (Å²) in [6.45, 7) is 6.69. The normalized spacial score (nSPS) is 10.4. The van der Waals surface area contributed by atoms with Gasteiger partial charge in [0.2, 0.25) is 5.95 Å². The molecule has 1 aromatic heterocycles. The summed E-state index contributed by atoms with van der Waals surface area (Å²) in [6.07, 6.45) is 0. The van der Waals surface area contributed by atoms with Gasteiger partial charge in [0.1, 0.15) is 5.82 Å². The first-order valence-corrected chi connectivity index (χ1v) is 7.49. The van der Waals surface area contributed by atoms with Gasteiger partial charge in [-0.15, -0.1) is 0 Å². The number of aryl methyl sites for hydroxylation is 2. The number of halogens is 2. The Morgan fingerprint density at radius 1 is 1.20 bits per heavy atom. The molecule has 0 amide bonds. The van der Waals surface area contributed by atoms with E-state index in [-0.39, 0.29) is 0 Å². The predicted molar refractivity (Wildman–Crippen MR) is 88.1 cm³/mol. The fourth-order valence-corrected chi connectivity index (χ4v) is 2.47. The topological polar surface area (TPSA) is 49.8 Å². The van der Waals surface area contributed by atoms with Crippen molar-refractivity contribution in [2.24, 2.45) is 0 Å². The minimum absolute atomic E-state index is 0.615. The molecule has 1 aromatic carbocycles. The molecule has 1 heterocycles. The van der Waals surface area contributed by atoms with E-state index < -0.39 is 0 Å². The van der Waals surface area contributed by atoms with Crippen LogP contribution in [0.25, 0.3) is 0 Å². The molecule has 0 atom stereocenters. The largest absolute Gasteiger partial charge is 0.354 e. The summed E-state index contributed by atoms with van der Waals surface area (Å²) in [4.78, 5) is 8.73. The Hall–Kier alpha value is -1.33. The van der Waals surface area contributed by atoms with Crippen molar-refractivity contribution < 1.29 is 0 Å². The third-order valence-corrected chi connectivity index (χ3v) is 3.76. The van der Waals surface area contributed by atoms with Gasteiger partial charge in [-0.25, -0.2) is 4.98 Å². The molecule has 0 saturated heterocycles. The first kappa shape index (κ1) is 15.1. The van der Waals surface area contributed by atoms with Crippen LogP contribution in [0, 0.1) is 13.8 Å². The molecule has 0 aliphatic carbocycles. The average Bonchev–Trinajstić information content (AvgIpc) is 2.35. The molecule has 0 bridgehead atoms. The van der Waals surface area contributed by atoms with Crippen molar-refractivity contribution in [2.75, 3.05) is 17.2 Å². The quantitative estimate of drug-likeness (QED) is 0.835. The van der Waals surface area contributed by atoms with Gasteiger partial charge in [0, 0.05) is 27.8 Å². The fourth-order valence-electron chi connectivity index (χ4n) is 1.75. The number of nitrogens with one attached hydrogen (secondary N) is 2. The van der Waals surface area contributed by atoms with Crippen LogP contribution in [-0.2, 0) is 0 Å².